The summed E-state index contributed by atoms with van der Waals surface area (Å²) in [6, 6.07) is 1.82. The molecule has 2 N–H and O–H groups in total. The van der Waals surface area contributed by atoms with Crippen molar-refractivity contribution in [1.82, 2.24) is 9.88 Å². The molecule has 1 aromatic rings. The van der Waals surface area contributed by atoms with Crippen LogP contribution < -0.4 is 5.32 Å². The van der Waals surface area contributed by atoms with Crippen LogP contribution in [0.2, 0.25) is 0 Å². The second-order valence-corrected chi connectivity index (χ2v) is 5.55. The summed E-state index contributed by atoms with van der Waals surface area (Å²) in [5.41, 5.74) is -0.0983. The topological polar surface area (TPSA) is 65.5 Å². The number of anilines is 1. The van der Waals surface area contributed by atoms with Crippen molar-refractivity contribution in [3.05, 3.63) is 23.6 Å². The predicted molar refractivity (Wildman–Crippen MR) is 72.4 cm³/mol. The molecule has 0 aliphatic carbocycles. The molecule has 6 heteroatoms. The smallest absolute Gasteiger partial charge is 0.339 e. The van der Waals surface area contributed by atoms with E-state index >= 15 is 0 Å². The van der Waals surface area contributed by atoms with Crippen molar-refractivity contribution in [1.29, 1.82) is 0 Å². The van der Waals surface area contributed by atoms with Crippen molar-refractivity contribution in [2.45, 2.75) is 37.8 Å². The third-order valence-electron chi connectivity index (χ3n) is 4.25. The molecule has 3 rings (SSSR count). The Kier molecular flexibility index (Phi) is 3.56. The predicted octanol–water partition coefficient (Wildman–Crippen LogP) is 1.96. The number of aromatic nitrogens is 1. The second kappa shape index (κ2) is 5.36. The molecule has 2 unspecified atom stereocenters. The van der Waals surface area contributed by atoms with E-state index in [1.54, 1.807) is 0 Å². The van der Waals surface area contributed by atoms with Crippen molar-refractivity contribution >= 4 is 11.8 Å². The molecule has 0 radical (unpaired) electrons. The fraction of sp³-hybridized carbons (Fsp3) is 0.571. The maximum absolute atomic E-state index is 13.1. The molecule has 2 aliphatic heterocycles. The lowest BCUT2D eigenvalue weighted by atomic mass is 9.97. The minimum atomic E-state index is -1.15. The Hall–Kier alpha value is -1.69. The van der Waals surface area contributed by atoms with E-state index in [0.717, 1.165) is 31.6 Å². The number of piperidine rings is 1. The van der Waals surface area contributed by atoms with Gasteiger partial charge in [-0.3, -0.25) is 0 Å². The normalized spacial score (nSPS) is 26.2. The number of carboxylic acids is 1. The summed E-state index contributed by atoms with van der Waals surface area (Å²) in [5.74, 6) is -1.51. The Balaban J connectivity index is 1.73. The largest absolute Gasteiger partial charge is 0.478 e. The zero-order chi connectivity index (χ0) is 14.1. The molecule has 2 fully saturated rings. The molecule has 5 nitrogen and oxygen atoms in total. The first kappa shape index (κ1) is 13.3. The number of pyridine rings is 1. The maximum Gasteiger partial charge on any atom is 0.339 e. The van der Waals surface area contributed by atoms with Crippen LogP contribution in [0.5, 0.6) is 0 Å². The zero-order valence-electron chi connectivity index (χ0n) is 11.2. The molecule has 0 bridgehead atoms. The number of aromatic carboxylic acids is 1. The van der Waals surface area contributed by atoms with Gasteiger partial charge in [0.05, 0.1) is 6.20 Å². The molecular weight excluding hydrogens is 261 g/mol. The minimum absolute atomic E-state index is 0.0983. The van der Waals surface area contributed by atoms with E-state index in [1.807, 2.05) is 0 Å². The third kappa shape index (κ3) is 2.60. The highest BCUT2D eigenvalue weighted by Gasteiger charge is 2.32. The zero-order valence-corrected chi connectivity index (χ0v) is 11.2. The first-order chi connectivity index (χ1) is 9.63. The molecule has 0 aromatic carbocycles. The average molecular weight is 279 g/mol. The molecule has 0 amide bonds. The van der Waals surface area contributed by atoms with E-state index in [1.165, 1.54) is 19.4 Å². The van der Waals surface area contributed by atoms with Gasteiger partial charge in [-0.25, -0.2) is 14.2 Å². The minimum Gasteiger partial charge on any atom is -0.478 e. The molecule has 2 atom stereocenters. The van der Waals surface area contributed by atoms with Crippen LogP contribution in [0, 0.1) is 5.82 Å². The summed E-state index contributed by atoms with van der Waals surface area (Å²) in [6.07, 6.45) is 5.47. The summed E-state index contributed by atoms with van der Waals surface area (Å²) in [4.78, 5) is 17.5. The van der Waals surface area contributed by atoms with Crippen molar-refractivity contribution in [2.75, 3.05) is 18.4 Å². The molecule has 0 spiro atoms. The van der Waals surface area contributed by atoms with E-state index in [9.17, 15) is 9.18 Å². The van der Waals surface area contributed by atoms with Crippen LogP contribution in [-0.4, -0.2) is 46.1 Å². The molecule has 0 saturated carbocycles. The molecule has 2 aliphatic rings. The molecule has 108 valence electrons. The summed E-state index contributed by atoms with van der Waals surface area (Å²) in [5, 5.41) is 12.3. The van der Waals surface area contributed by atoms with E-state index in [4.69, 9.17) is 5.11 Å². The summed E-state index contributed by atoms with van der Waals surface area (Å²) >= 11 is 0. The van der Waals surface area contributed by atoms with Crippen molar-refractivity contribution < 1.29 is 14.3 Å². The van der Waals surface area contributed by atoms with Gasteiger partial charge in [-0.1, -0.05) is 0 Å². The quantitative estimate of drug-likeness (QED) is 0.885. The van der Waals surface area contributed by atoms with Crippen molar-refractivity contribution in [2.24, 2.45) is 0 Å². The van der Waals surface area contributed by atoms with Gasteiger partial charge in [0.15, 0.2) is 0 Å². The Labute approximate surface area is 116 Å². The molecular formula is C14H18FN3O2. The standard InChI is InChI=1S/C14H18FN3O2/c15-9-6-12(14(19)20)13(16-8-9)17-10-3-5-18-4-1-2-11(18)7-10/h6,8,10-11H,1-5,7H2,(H,16,17)(H,19,20). The highest BCUT2D eigenvalue weighted by atomic mass is 19.1. The fourth-order valence-corrected chi connectivity index (χ4v) is 3.27. The SMILES string of the molecule is O=C(O)c1cc(F)cnc1NC1CCN2CCCC2C1. The number of nitrogens with zero attached hydrogens (tertiary/aromatic N) is 2. The van der Waals surface area contributed by atoms with Gasteiger partial charge < -0.3 is 15.3 Å². The number of halogens is 1. The van der Waals surface area contributed by atoms with Crippen LogP contribution in [0.4, 0.5) is 10.2 Å². The number of carbonyl (C=O) groups is 1. The number of hydrogen-bond acceptors (Lipinski definition) is 4. The van der Waals surface area contributed by atoms with Gasteiger partial charge >= 0.3 is 5.97 Å². The van der Waals surface area contributed by atoms with Gasteiger partial charge in [0.25, 0.3) is 0 Å². The molecule has 1 aromatic heterocycles. The fourth-order valence-electron chi connectivity index (χ4n) is 3.27. The van der Waals surface area contributed by atoms with Crippen LogP contribution in [0.1, 0.15) is 36.0 Å². The lowest BCUT2D eigenvalue weighted by molar-refractivity contribution is 0.0697. The number of hydrogen-bond donors (Lipinski definition) is 2. The Morgan fingerprint density at radius 1 is 1.45 bits per heavy atom. The van der Waals surface area contributed by atoms with E-state index in [0.29, 0.717) is 6.04 Å². The van der Waals surface area contributed by atoms with Gasteiger partial charge in [-0.2, -0.15) is 0 Å². The first-order valence-corrected chi connectivity index (χ1v) is 7.03. The highest BCUT2D eigenvalue weighted by molar-refractivity contribution is 5.93. The monoisotopic (exact) mass is 279 g/mol. The van der Waals surface area contributed by atoms with Crippen molar-refractivity contribution in [3.8, 4) is 0 Å². The lowest BCUT2D eigenvalue weighted by Crippen LogP contribution is -2.43. The average Bonchev–Trinajstić information content (AvgIpc) is 2.88. The van der Waals surface area contributed by atoms with E-state index < -0.39 is 11.8 Å². The van der Waals surface area contributed by atoms with Crippen LogP contribution >= 0.6 is 0 Å². The van der Waals surface area contributed by atoms with Crippen molar-refractivity contribution in [3.63, 3.8) is 0 Å². The Bertz CT molecular complexity index is 523. The van der Waals surface area contributed by atoms with Crippen LogP contribution in [0.25, 0.3) is 0 Å². The first-order valence-electron chi connectivity index (χ1n) is 7.03. The van der Waals surface area contributed by atoms with Gasteiger partial charge in [0.1, 0.15) is 17.2 Å². The Morgan fingerprint density at radius 3 is 3.10 bits per heavy atom. The van der Waals surface area contributed by atoms with Gasteiger partial charge in [-0.05, 0) is 38.3 Å². The maximum atomic E-state index is 13.1. The van der Waals surface area contributed by atoms with E-state index in [-0.39, 0.29) is 17.4 Å². The van der Waals surface area contributed by atoms with Crippen LogP contribution in [-0.2, 0) is 0 Å². The number of fused-ring (bicyclic) bond motifs is 1. The summed E-state index contributed by atoms with van der Waals surface area (Å²) < 4.78 is 13.1. The van der Waals surface area contributed by atoms with Crippen LogP contribution in [0.15, 0.2) is 12.3 Å². The van der Waals surface area contributed by atoms with Gasteiger partial charge in [0.2, 0.25) is 0 Å². The lowest BCUT2D eigenvalue weighted by Gasteiger charge is -2.35. The van der Waals surface area contributed by atoms with Gasteiger partial charge in [0, 0.05) is 18.6 Å². The molecule has 20 heavy (non-hydrogen) atoms. The van der Waals surface area contributed by atoms with E-state index in [2.05, 4.69) is 15.2 Å². The number of rotatable bonds is 3. The summed E-state index contributed by atoms with van der Waals surface area (Å²) in [6.45, 7) is 2.21. The summed E-state index contributed by atoms with van der Waals surface area (Å²) in [7, 11) is 0. The Morgan fingerprint density at radius 2 is 2.30 bits per heavy atom. The number of carboxylic acid groups (broad SMARTS) is 1. The number of nitrogens with one attached hydrogen (secondary N) is 1. The molecule has 3 heterocycles. The van der Waals surface area contributed by atoms with Crippen LogP contribution in [0.3, 0.4) is 0 Å². The third-order valence-corrected chi connectivity index (χ3v) is 4.25. The molecule has 2 saturated heterocycles. The van der Waals surface area contributed by atoms with Gasteiger partial charge in [-0.15, -0.1) is 0 Å². The highest BCUT2D eigenvalue weighted by Crippen LogP contribution is 2.28. The second-order valence-electron chi connectivity index (χ2n) is 5.55.